The topological polar surface area (TPSA) is 80.6 Å². The van der Waals surface area contributed by atoms with Gasteiger partial charge in [-0.3, -0.25) is 9.59 Å². The normalized spacial score (nSPS) is 10.7. The number of fused-ring (bicyclic) bond motifs is 1. The minimum atomic E-state index is -0.458. The number of furan rings is 1. The second-order valence-corrected chi connectivity index (χ2v) is 7.47. The lowest BCUT2D eigenvalue weighted by Crippen LogP contribution is -2.17. The molecule has 1 heterocycles. The molecule has 0 saturated carbocycles. The number of carbonyl (C=O) groups excluding carboxylic acids is 2. The Balaban J connectivity index is 1.64. The highest BCUT2D eigenvalue weighted by atomic mass is 16.5. The summed E-state index contributed by atoms with van der Waals surface area (Å²) in [6.07, 6.45) is 0. The summed E-state index contributed by atoms with van der Waals surface area (Å²) in [5.41, 5.74) is 4.07. The van der Waals surface area contributed by atoms with Gasteiger partial charge in [0, 0.05) is 16.6 Å². The van der Waals surface area contributed by atoms with Crippen molar-refractivity contribution in [3.05, 3.63) is 89.2 Å². The molecule has 0 aliphatic carbocycles. The fraction of sp³-hybridized carbons (Fsp3) is 0.154. The highest BCUT2D eigenvalue weighted by molar-refractivity contribution is 6.16. The lowest BCUT2D eigenvalue weighted by Gasteiger charge is -2.09. The van der Waals surface area contributed by atoms with Gasteiger partial charge in [-0.05, 0) is 80.4 Å². The van der Waals surface area contributed by atoms with Crippen LogP contribution in [0.15, 0.2) is 71.1 Å². The number of anilines is 2. The van der Waals surface area contributed by atoms with Crippen molar-refractivity contribution in [2.24, 2.45) is 0 Å². The molecule has 0 saturated heterocycles. The Kier molecular flexibility index (Phi) is 5.94. The smallest absolute Gasteiger partial charge is 0.293 e. The van der Waals surface area contributed by atoms with E-state index in [1.54, 1.807) is 36.4 Å². The van der Waals surface area contributed by atoms with Crippen molar-refractivity contribution < 1.29 is 18.7 Å². The van der Waals surface area contributed by atoms with Crippen LogP contribution >= 0.6 is 0 Å². The summed E-state index contributed by atoms with van der Waals surface area (Å²) in [5, 5.41) is 6.35. The molecule has 0 unspecified atom stereocenters. The maximum absolute atomic E-state index is 13.0. The van der Waals surface area contributed by atoms with Crippen LogP contribution in [-0.2, 0) is 0 Å². The van der Waals surface area contributed by atoms with Crippen LogP contribution in [0.4, 0.5) is 11.4 Å². The van der Waals surface area contributed by atoms with Crippen molar-refractivity contribution in [2.75, 3.05) is 17.2 Å². The number of ether oxygens (including phenoxy) is 1. The molecular formula is C26H24N2O4. The van der Waals surface area contributed by atoms with Crippen LogP contribution in [-0.4, -0.2) is 18.4 Å². The molecule has 3 aromatic carbocycles. The number of nitrogens with one attached hydrogen (secondary N) is 2. The first-order chi connectivity index (χ1) is 15.5. The third-order valence-corrected chi connectivity index (χ3v) is 5.23. The largest absolute Gasteiger partial charge is 0.494 e. The fourth-order valence-electron chi connectivity index (χ4n) is 3.39. The van der Waals surface area contributed by atoms with Gasteiger partial charge in [0.15, 0.2) is 0 Å². The summed E-state index contributed by atoms with van der Waals surface area (Å²) < 4.78 is 11.3. The quantitative estimate of drug-likeness (QED) is 0.397. The number of para-hydroxylation sites is 1. The SMILES string of the molecule is CCOc1ccc(NC(=O)c2oc3ccccc3c2NC(=O)c2ccc(C)c(C)c2)cc1. The minimum absolute atomic E-state index is 0.0391. The van der Waals surface area contributed by atoms with Crippen LogP contribution in [0.2, 0.25) is 0 Å². The van der Waals surface area contributed by atoms with Crippen LogP contribution in [0, 0.1) is 13.8 Å². The van der Waals surface area contributed by atoms with Crippen molar-refractivity contribution in [1.29, 1.82) is 0 Å². The van der Waals surface area contributed by atoms with Gasteiger partial charge in [0.1, 0.15) is 17.0 Å². The van der Waals surface area contributed by atoms with E-state index in [4.69, 9.17) is 9.15 Å². The molecule has 0 fully saturated rings. The molecule has 32 heavy (non-hydrogen) atoms. The first kappa shape index (κ1) is 21.2. The van der Waals surface area contributed by atoms with Crippen LogP contribution in [0.5, 0.6) is 5.75 Å². The highest BCUT2D eigenvalue weighted by Gasteiger charge is 2.23. The maximum atomic E-state index is 13.0. The molecule has 6 heteroatoms. The average molecular weight is 428 g/mol. The van der Waals surface area contributed by atoms with Crippen LogP contribution in [0.25, 0.3) is 11.0 Å². The van der Waals surface area contributed by atoms with E-state index >= 15 is 0 Å². The lowest BCUT2D eigenvalue weighted by atomic mass is 10.1. The van der Waals surface area contributed by atoms with Crippen molar-refractivity contribution >= 4 is 34.2 Å². The number of benzene rings is 3. The van der Waals surface area contributed by atoms with E-state index in [9.17, 15) is 9.59 Å². The number of hydrogen-bond acceptors (Lipinski definition) is 4. The van der Waals surface area contributed by atoms with E-state index in [0.29, 0.717) is 34.5 Å². The van der Waals surface area contributed by atoms with Gasteiger partial charge in [-0.2, -0.15) is 0 Å². The van der Waals surface area contributed by atoms with Gasteiger partial charge in [0.05, 0.1) is 6.61 Å². The zero-order valence-electron chi connectivity index (χ0n) is 18.2. The Bertz CT molecular complexity index is 1290. The third kappa shape index (κ3) is 4.34. The molecular weight excluding hydrogens is 404 g/mol. The Morgan fingerprint density at radius 3 is 2.34 bits per heavy atom. The highest BCUT2D eigenvalue weighted by Crippen LogP contribution is 2.32. The number of hydrogen-bond donors (Lipinski definition) is 2. The minimum Gasteiger partial charge on any atom is -0.494 e. The van der Waals surface area contributed by atoms with E-state index in [1.807, 2.05) is 51.1 Å². The Labute approximate surface area is 186 Å². The van der Waals surface area contributed by atoms with E-state index in [-0.39, 0.29) is 11.7 Å². The molecule has 2 amide bonds. The summed E-state index contributed by atoms with van der Waals surface area (Å²) >= 11 is 0. The third-order valence-electron chi connectivity index (χ3n) is 5.23. The summed E-state index contributed by atoms with van der Waals surface area (Å²) in [6, 6.07) is 19.8. The van der Waals surface area contributed by atoms with Crippen molar-refractivity contribution in [3.8, 4) is 5.75 Å². The Hall–Kier alpha value is -4.06. The van der Waals surface area contributed by atoms with Crippen molar-refractivity contribution in [3.63, 3.8) is 0 Å². The van der Waals surface area contributed by atoms with Gasteiger partial charge in [0.25, 0.3) is 11.8 Å². The van der Waals surface area contributed by atoms with Crippen LogP contribution < -0.4 is 15.4 Å². The van der Waals surface area contributed by atoms with E-state index in [1.165, 1.54) is 0 Å². The van der Waals surface area contributed by atoms with Gasteiger partial charge in [0.2, 0.25) is 5.76 Å². The summed E-state index contributed by atoms with van der Waals surface area (Å²) in [6.45, 7) is 6.41. The number of rotatable bonds is 6. The molecule has 0 radical (unpaired) electrons. The Morgan fingerprint density at radius 2 is 1.62 bits per heavy atom. The van der Waals surface area contributed by atoms with Gasteiger partial charge < -0.3 is 19.8 Å². The standard InChI is InChI=1S/C26H24N2O4/c1-4-31-20-13-11-19(12-14-20)27-26(30)24-23(21-7-5-6-8-22(21)32-24)28-25(29)18-10-9-16(2)17(3)15-18/h5-15H,4H2,1-3H3,(H,27,30)(H,28,29). The number of amides is 2. The van der Waals surface area contributed by atoms with Crippen molar-refractivity contribution in [1.82, 2.24) is 0 Å². The van der Waals surface area contributed by atoms with Gasteiger partial charge >= 0.3 is 0 Å². The molecule has 0 aliphatic rings. The number of carbonyl (C=O) groups is 2. The molecule has 0 aliphatic heterocycles. The van der Waals surface area contributed by atoms with Crippen LogP contribution in [0.1, 0.15) is 39.0 Å². The first-order valence-corrected chi connectivity index (χ1v) is 10.4. The van der Waals surface area contributed by atoms with Gasteiger partial charge in [-0.15, -0.1) is 0 Å². The zero-order valence-corrected chi connectivity index (χ0v) is 18.2. The second-order valence-electron chi connectivity index (χ2n) is 7.47. The zero-order chi connectivity index (χ0) is 22.7. The predicted molar refractivity (Wildman–Crippen MR) is 126 cm³/mol. The average Bonchev–Trinajstić information content (AvgIpc) is 3.16. The molecule has 0 bridgehead atoms. The van der Waals surface area contributed by atoms with Crippen LogP contribution in [0.3, 0.4) is 0 Å². The van der Waals surface area contributed by atoms with Gasteiger partial charge in [-0.1, -0.05) is 18.2 Å². The number of aryl methyl sites for hydroxylation is 2. The molecule has 2 N–H and O–H groups in total. The maximum Gasteiger partial charge on any atom is 0.293 e. The lowest BCUT2D eigenvalue weighted by molar-refractivity contribution is 0.0999. The molecule has 4 rings (SSSR count). The van der Waals surface area contributed by atoms with E-state index in [2.05, 4.69) is 10.6 Å². The van der Waals surface area contributed by atoms with E-state index in [0.717, 1.165) is 16.9 Å². The summed E-state index contributed by atoms with van der Waals surface area (Å²) in [4.78, 5) is 26.0. The second kappa shape index (κ2) is 8.98. The predicted octanol–water partition coefficient (Wildman–Crippen LogP) is 5.95. The molecule has 0 atom stereocenters. The Morgan fingerprint density at radius 1 is 0.875 bits per heavy atom. The monoisotopic (exact) mass is 428 g/mol. The van der Waals surface area contributed by atoms with Crippen molar-refractivity contribution in [2.45, 2.75) is 20.8 Å². The molecule has 162 valence electrons. The fourth-order valence-corrected chi connectivity index (χ4v) is 3.39. The molecule has 6 nitrogen and oxygen atoms in total. The molecule has 1 aromatic heterocycles. The van der Waals surface area contributed by atoms with E-state index < -0.39 is 5.91 Å². The molecule has 0 spiro atoms. The first-order valence-electron chi connectivity index (χ1n) is 10.4. The summed E-state index contributed by atoms with van der Waals surface area (Å²) in [7, 11) is 0. The van der Waals surface area contributed by atoms with Gasteiger partial charge in [-0.25, -0.2) is 0 Å². The summed E-state index contributed by atoms with van der Waals surface area (Å²) in [5.74, 6) is -0.0108. The molecule has 4 aromatic rings.